The molecule has 0 fully saturated rings. The molecule has 0 spiro atoms. The number of aromatic amines is 1. The zero-order valence-electron chi connectivity index (χ0n) is 7.93. The van der Waals surface area contributed by atoms with Gasteiger partial charge in [-0.25, -0.2) is 9.78 Å². The molecule has 2 aromatic rings. The Morgan fingerprint density at radius 1 is 1.60 bits per heavy atom. The van der Waals surface area contributed by atoms with Crippen LogP contribution in [0.4, 0.5) is 0 Å². The molecular formula is C10H10N2O2S. The summed E-state index contributed by atoms with van der Waals surface area (Å²) < 4.78 is 4.89. The van der Waals surface area contributed by atoms with Gasteiger partial charge in [0.15, 0.2) is 11.2 Å². The van der Waals surface area contributed by atoms with E-state index in [0.29, 0.717) is 11.2 Å². The molecule has 2 heterocycles. The van der Waals surface area contributed by atoms with Crippen molar-refractivity contribution in [1.29, 1.82) is 0 Å². The first-order chi connectivity index (χ1) is 7.29. The molecule has 0 aromatic carbocycles. The minimum atomic E-state index is -0.478. The molecule has 1 N–H and O–H groups in total. The van der Waals surface area contributed by atoms with Crippen molar-refractivity contribution in [2.45, 2.75) is 6.42 Å². The minimum absolute atomic E-state index is 0.478. The molecule has 0 bridgehead atoms. The smallest absolute Gasteiger partial charge is 0.406 e. The van der Waals surface area contributed by atoms with Crippen molar-refractivity contribution in [2.24, 2.45) is 0 Å². The normalized spacial score (nSPS) is 11.5. The van der Waals surface area contributed by atoms with Gasteiger partial charge in [-0.3, -0.25) is 4.98 Å². The van der Waals surface area contributed by atoms with Gasteiger partial charge in [0.2, 0.25) is 0 Å². The highest BCUT2D eigenvalue weighted by Gasteiger charge is 2.01. The number of hydrogen-bond donors (Lipinski definition) is 2. The third kappa shape index (κ3) is 2.30. The number of oxazole rings is 1. The van der Waals surface area contributed by atoms with Crippen molar-refractivity contribution >= 4 is 29.9 Å². The van der Waals surface area contributed by atoms with Crippen LogP contribution in [-0.2, 0) is 0 Å². The lowest BCUT2D eigenvalue weighted by atomic mass is 10.2. The van der Waals surface area contributed by atoms with Crippen LogP contribution in [0, 0.1) is 0 Å². The molecule has 4 nitrogen and oxygen atoms in total. The maximum atomic E-state index is 10.9. The van der Waals surface area contributed by atoms with Gasteiger partial charge in [-0.1, -0.05) is 12.2 Å². The predicted octanol–water partition coefficient (Wildman–Crippen LogP) is 1.85. The van der Waals surface area contributed by atoms with Gasteiger partial charge < -0.3 is 4.42 Å². The zero-order valence-corrected chi connectivity index (χ0v) is 8.83. The van der Waals surface area contributed by atoms with E-state index in [1.165, 1.54) is 0 Å². The number of thiol groups is 1. The third-order valence-electron chi connectivity index (χ3n) is 1.90. The largest absolute Gasteiger partial charge is 0.418 e. The summed E-state index contributed by atoms with van der Waals surface area (Å²) in [7, 11) is 0. The van der Waals surface area contributed by atoms with E-state index in [1.807, 2.05) is 12.2 Å². The molecule has 78 valence electrons. The van der Waals surface area contributed by atoms with E-state index in [-0.39, 0.29) is 0 Å². The molecule has 2 aromatic heterocycles. The number of H-pyrrole nitrogens is 1. The molecule has 0 saturated carbocycles. The second-order valence-electron chi connectivity index (χ2n) is 3.04. The summed E-state index contributed by atoms with van der Waals surface area (Å²) in [5.41, 5.74) is 1.87. The highest BCUT2D eigenvalue weighted by atomic mass is 32.1. The average molecular weight is 222 g/mol. The number of fused-ring (bicyclic) bond motifs is 1. The summed E-state index contributed by atoms with van der Waals surface area (Å²) in [5, 5.41) is 0. The lowest BCUT2D eigenvalue weighted by Gasteiger charge is -1.91. The third-order valence-corrected chi connectivity index (χ3v) is 2.16. The molecule has 2 rings (SSSR count). The molecule has 0 aliphatic rings. The topological polar surface area (TPSA) is 58.9 Å². The van der Waals surface area contributed by atoms with Gasteiger partial charge in [0.25, 0.3) is 0 Å². The number of nitrogens with zero attached hydrogens (tertiary/aromatic N) is 1. The number of hydrogen-bond acceptors (Lipinski definition) is 4. The maximum absolute atomic E-state index is 10.9. The summed E-state index contributed by atoms with van der Waals surface area (Å²) in [4.78, 5) is 17.4. The van der Waals surface area contributed by atoms with Crippen molar-refractivity contribution in [3.8, 4) is 0 Å². The van der Waals surface area contributed by atoms with Crippen LogP contribution in [0.15, 0.2) is 27.6 Å². The fourth-order valence-corrected chi connectivity index (χ4v) is 1.39. The lowest BCUT2D eigenvalue weighted by Crippen LogP contribution is -1.93. The van der Waals surface area contributed by atoms with Gasteiger partial charge in [0, 0.05) is 6.20 Å². The van der Waals surface area contributed by atoms with Crippen LogP contribution >= 0.6 is 12.6 Å². The first-order valence-electron chi connectivity index (χ1n) is 4.56. The molecule has 0 saturated heterocycles. The van der Waals surface area contributed by atoms with Crippen LogP contribution in [-0.4, -0.2) is 15.7 Å². The predicted molar refractivity (Wildman–Crippen MR) is 62.1 cm³/mol. The number of allylic oxidation sites excluding steroid dienone is 1. The van der Waals surface area contributed by atoms with Gasteiger partial charge in [-0.15, -0.1) is 0 Å². The molecule has 0 amide bonds. The van der Waals surface area contributed by atoms with Gasteiger partial charge in [0.05, 0.1) is 0 Å². The second kappa shape index (κ2) is 4.35. The summed E-state index contributed by atoms with van der Waals surface area (Å²) >= 11 is 4.10. The Bertz CT molecular complexity index is 542. The first kappa shape index (κ1) is 10.0. The highest BCUT2D eigenvalue weighted by Crippen LogP contribution is 2.10. The molecule has 15 heavy (non-hydrogen) atoms. The van der Waals surface area contributed by atoms with E-state index in [0.717, 1.165) is 17.7 Å². The van der Waals surface area contributed by atoms with Gasteiger partial charge in [-0.05, 0) is 23.8 Å². The van der Waals surface area contributed by atoms with E-state index < -0.39 is 5.76 Å². The standard InChI is InChI=1S/C10H10N2O2S/c13-10-12-9-8(14-10)5-7(6-11-9)3-1-2-4-15/h1,3,5-6,15H,2,4H2,(H,11,12,13). The quantitative estimate of drug-likeness (QED) is 0.779. The fourth-order valence-electron chi connectivity index (χ4n) is 1.24. The van der Waals surface area contributed by atoms with E-state index in [4.69, 9.17) is 4.42 Å². The minimum Gasteiger partial charge on any atom is -0.406 e. The van der Waals surface area contributed by atoms with E-state index in [2.05, 4.69) is 22.6 Å². The number of rotatable bonds is 3. The van der Waals surface area contributed by atoms with Crippen molar-refractivity contribution < 1.29 is 4.42 Å². The molecule has 0 radical (unpaired) electrons. The van der Waals surface area contributed by atoms with Gasteiger partial charge >= 0.3 is 5.76 Å². The van der Waals surface area contributed by atoms with Crippen LogP contribution in [0.2, 0.25) is 0 Å². The van der Waals surface area contributed by atoms with Gasteiger partial charge in [0.1, 0.15) is 0 Å². The molecule has 0 aliphatic heterocycles. The van der Waals surface area contributed by atoms with Crippen LogP contribution in [0.1, 0.15) is 12.0 Å². The second-order valence-corrected chi connectivity index (χ2v) is 3.49. The van der Waals surface area contributed by atoms with Crippen LogP contribution in [0.5, 0.6) is 0 Å². The van der Waals surface area contributed by atoms with Crippen molar-refractivity contribution in [3.63, 3.8) is 0 Å². The lowest BCUT2D eigenvalue weighted by molar-refractivity contribution is 0.555. The Morgan fingerprint density at radius 3 is 3.27 bits per heavy atom. The summed E-state index contributed by atoms with van der Waals surface area (Å²) in [6.45, 7) is 0. The van der Waals surface area contributed by atoms with Crippen LogP contribution < -0.4 is 5.76 Å². The van der Waals surface area contributed by atoms with E-state index in [9.17, 15) is 4.79 Å². The van der Waals surface area contributed by atoms with Crippen molar-refractivity contribution in [1.82, 2.24) is 9.97 Å². The Kier molecular flexibility index (Phi) is 2.91. The SMILES string of the molecule is O=c1[nH]c2ncc(C=CCCS)cc2o1. The van der Waals surface area contributed by atoms with Crippen LogP contribution in [0.3, 0.4) is 0 Å². The molecule has 0 atom stereocenters. The summed E-state index contributed by atoms with van der Waals surface area (Å²) in [5.74, 6) is 0.333. The number of aromatic nitrogens is 2. The highest BCUT2D eigenvalue weighted by molar-refractivity contribution is 7.80. The fraction of sp³-hybridized carbons (Fsp3) is 0.200. The summed E-state index contributed by atoms with van der Waals surface area (Å²) in [6, 6.07) is 1.77. The monoisotopic (exact) mass is 222 g/mol. The van der Waals surface area contributed by atoms with Crippen molar-refractivity contribution in [2.75, 3.05) is 5.75 Å². The Balaban J connectivity index is 2.34. The van der Waals surface area contributed by atoms with E-state index in [1.54, 1.807) is 12.3 Å². The number of nitrogens with one attached hydrogen (secondary N) is 1. The maximum Gasteiger partial charge on any atom is 0.418 e. The Hall–Kier alpha value is -1.49. The van der Waals surface area contributed by atoms with Crippen LogP contribution in [0.25, 0.3) is 17.3 Å². The Labute approximate surface area is 91.4 Å². The number of pyridine rings is 1. The van der Waals surface area contributed by atoms with E-state index >= 15 is 0 Å². The van der Waals surface area contributed by atoms with Crippen molar-refractivity contribution in [3.05, 3.63) is 34.5 Å². The Morgan fingerprint density at radius 2 is 2.47 bits per heavy atom. The summed E-state index contributed by atoms with van der Waals surface area (Å²) in [6.07, 6.45) is 6.51. The first-order valence-corrected chi connectivity index (χ1v) is 5.19. The average Bonchev–Trinajstić information content (AvgIpc) is 2.57. The molecule has 0 unspecified atom stereocenters. The molecular weight excluding hydrogens is 212 g/mol. The molecule has 0 aliphatic carbocycles. The molecule has 5 heteroatoms. The zero-order chi connectivity index (χ0) is 10.7. The van der Waals surface area contributed by atoms with Gasteiger partial charge in [-0.2, -0.15) is 12.6 Å².